The van der Waals surface area contributed by atoms with Gasteiger partial charge in [-0.1, -0.05) is 17.7 Å². The van der Waals surface area contributed by atoms with Crippen molar-refractivity contribution in [1.29, 1.82) is 0 Å². The van der Waals surface area contributed by atoms with Crippen LogP contribution < -0.4 is 0 Å². The molecule has 14 heavy (non-hydrogen) atoms. The summed E-state index contributed by atoms with van der Waals surface area (Å²) in [5.41, 5.74) is 0.238. The number of rotatable bonds is 3. The van der Waals surface area contributed by atoms with Gasteiger partial charge in [0, 0.05) is 13.6 Å². The number of hydrogen-bond acceptors (Lipinski definition) is 3. The van der Waals surface area contributed by atoms with Gasteiger partial charge < -0.3 is 4.90 Å². The van der Waals surface area contributed by atoms with Gasteiger partial charge >= 0.3 is 0 Å². The van der Waals surface area contributed by atoms with E-state index in [1.165, 1.54) is 17.3 Å². The SMILES string of the molecule is C=CCN(C)C(=O)c1cncc(Cl)n1. The molecule has 0 aromatic carbocycles. The fraction of sp³-hybridized carbons (Fsp3) is 0.222. The molecule has 1 aromatic rings. The maximum absolute atomic E-state index is 11.6. The van der Waals surface area contributed by atoms with Crippen molar-refractivity contribution >= 4 is 17.5 Å². The average molecular weight is 212 g/mol. The molecule has 0 radical (unpaired) electrons. The standard InChI is InChI=1S/C9H10ClN3O/c1-3-4-13(2)9(14)7-5-11-6-8(10)12-7/h3,5-6H,1,4H2,2H3. The Morgan fingerprint density at radius 1 is 1.71 bits per heavy atom. The van der Waals surface area contributed by atoms with E-state index < -0.39 is 0 Å². The zero-order valence-electron chi connectivity index (χ0n) is 7.77. The second kappa shape index (κ2) is 4.72. The number of halogens is 1. The van der Waals surface area contributed by atoms with Gasteiger partial charge in [0.2, 0.25) is 0 Å². The number of hydrogen-bond donors (Lipinski definition) is 0. The van der Waals surface area contributed by atoms with Crippen molar-refractivity contribution in [3.8, 4) is 0 Å². The van der Waals surface area contributed by atoms with Crippen LogP contribution in [0.5, 0.6) is 0 Å². The quantitative estimate of drug-likeness (QED) is 0.710. The summed E-state index contributed by atoms with van der Waals surface area (Å²) in [6.45, 7) is 4.00. The molecule has 0 N–H and O–H groups in total. The summed E-state index contributed by atoms with van der Waals surface area (Å²) < 4.78 is 0. The monoisotopic (exact) mass is 211 g/mol. The summed E-state index contributed by atoms with van der Waals surface area (Å²) in [5, 5.41) is 0.211. The predicted molar refractivity (Wildman–Crippen MR) is 54.2 cm³/mol. The Kier molecular flexibility index (Phi) is 3.59. The molecule has 0 bridgehead atoms. The van der Waals surface area contributed by atoms with Gasteiger partial charge in [0.25, 0.3) is 5.91 Å². The van der Waals surface area contributed by atoms with Crippen LogP contribution in [-0.4, -0.2) is 34.4 Å². The highest BCUT2D eigenvalue weighted by Crippen LogP contribution is 2.04. The smallest absolute Gasteiger partial charge is 0.274 e. The van der Waals surface area contributed by atoms with Crippen LogP contribution in [-0.2, 0) is 0 Å². The highest BCUT2D eigenvalue weighted by atomic mass is 35.5. The van der Waals surface area contributed by atoms with E-state index >= 15 is 0 Å². The molecular weight excluding hydrogens is 202 g/mol. The maximum atomic E-state index is 11.6. The lowest BCUT2D eigenvalue weighted by molar-refractivity contribution is 0.0804. The first-order valence-corrected chi connectivity index (χ1v) is 4.37. The molecule has 0 unspecified atom stereocenters. The van der Waals surface area contributed by atoms with E-state index in [2.05, 4.69) is 16.5 Å². The molecule has 1 heterocycles. The number of likely N-dealkylation sites (N-methyl/N-ethyl adjacent to an activating group) is 1. The van der Waals surface area contributed by atoms with Crippen LogP contribution in [0.1, 0.15) is 10.5 Å². The summed E-state index contributed by atoms with van der Waals surface area (Å²) in [4.78, 5) is 20.7. The molecule has 0 fully saturated rings. The third-order valence-electron chi connectivity index (χ3n) is 1.57. The van der Waals surface area contributed by atoms with Gasteiger partial charge in [-0.3, -0.25) is 9.78 Å². The zero-order chi connectivity index (χ0) is 10.6. The molecule has 0 aliphatic heterocycles. The number of nitrogens with zero attached hydrogens (tertiary/aromatic N) is 3. The van der Waals surface area contributed by atoms with Gasteiger partial charge in [-0.2, -0.15) is 0 Å². The van der Waals surface area contributed by atoms with Crippen LogP contribution in [0.25, 0.3) is 0 Å². The summed E-state index contributed by atoms with van der Waals surface area (Å²) in [7, 11) is 1.66. The Morgan fingerprint density at radius 2 is 2.43 bits per heavy atom. The molecule has 1 rings (SSSR count). The number of carbonyl (C=O) groups is 1. The molecule has 74 valence electrons. The first-order valence-electron chi connectivity index (χ1n) is 3.99. The lowest BCUT2D eigenvalue weighted by Crippen LogP contribution is -2.27. The Bertz CT molecular complexity index is 354. The molecule has 4 nitrogen and oxygen atoms in total. The van der Waals surface area contributed by atoms with Crippen molar-refractivity contribution in [3.05, 3.63) is 35.9 Å². The van der Waals surface area contributed by atoms with Crippen molar-refractivity contribution in [2.75, 3.05) is 13.6 Å². The number of amides is 1. The Balaban J connectivity index is 2.83. The van der Waals surface area contributed by atoms with Crippen LogP contribution in [0.3, 0.4) is 0 Å². The van der Waals surface area contributed by atoms with E-state index in [1.807, 2.05) is 0 Å². The van der Waals surface area contributed by atoms with Gasteiger partial charge in [0.1, 0.15) is 10.8 Å². The number of carbonyl (C=O) groups excluding carboxylic acids is 1. The van der Waals surface area contributed by atoms with E-state index in [0.29, 0.717) is 6.54 Å². The van der Waals surface area contributed by atoms with E-state index in [1.54, 1.807) is 13.1 Å². The van der Waals surface area contributed by atoms with E-state index in [-0.39, 0.29) is 16.8 Å². The van der Waals surface area contributed by atoms with Crippen molar-refractivity contribution in [1.82, 2.24) is 14.9 Å². The highest BCUT2D eigenvalue weighted by molar-refractivity contribution is 6.29. The molecule has 0 aliphatic carbocycles. The van der Waals surface area contributed by atoms with E-state index in [0.717, 1.165) is 0 Å². The highest BCUT2D eigenvalue weighted by Gasteiger charge is 2.12. The van der Waals surface area contributed by atoms with Crippen LogP contribution in [0, 0.1) is 0 Å². The third-order valence-corrected chi connectivity index (χ3v) is 1.76. The maximum Gasteiger partial charge on any atom is 0.274 e. The van der Waals surface area contributed by atoms with Crippen molar-refractivity contribution in [2.24, 2.45) is 0 Å². The molecule has 0 spiro atoms. The Hall–Kier alpha value is -1.42. The van der Waals surface area contributed by atoms with Gasteiger partial charge in [-0.05, 0) is 0 Å². The molecule has 0 aliphatic rings. The molecule has 0 saturated heterocycles. The first-order chi connectivity index (χ1) is 6.65. The topological polar surface area (TPSA) is 46.1 Å². The summed E-state index contributed by atoms with van der Waals surface area (Å²) in [6, 6.07) is 0. The first kappa shape index (κ1) is 10.7. The molecule has 5 heteroatoms. The predicted octanol–water partition coefficient (Wildman–Crippen LogP) is 1.39. The lowest BCUT2D eigenvalue weighted by Gasteiger charge is -2.13. The second-order valence-electron chi connectivity index (χ2n) is 2.70. The van der Waals surface area contributed by atoms with Crippen LogP contribution in [0.4, 0.5) is 0 Å². The second-order valence-corrected chi connectivity index (χ2v) is 3.09. The largest absolute Gasteiger partial charge is 0.337 e. The molecule has 1 aromatic heterocycles. The van der Waals surface area contributed by atoms with Gasteiger partial charge in [0.15, 0.2) is 0 Å². The van der Waals surface area contributed by atoms with Crippen LogP contribution in [0.2, 0.25) is 5.15 Å². The fourth-order valence-electron chi connectivity index (χ4n) is 0.917. The van der Waals surface area contributed by atoms with Crippen molar-refractivity contribution in [3.63, 3.8) is 0 Å². The number of aromatic nitrogens is 2. The normalized spacial score (nSPS) is 9.57. The van der Waals surface area contributed by atoms with Gasteiger partial charge in [-0.25, -0.2) is 4.98 Å². The molecular formula is C9H10ClN3O. The summed E-state index contributed by atoms with van der Waals surface area (Å²) in [6.07, 6.45) is 4.40. The lowest BCUT2D eigenvalue weighted by atomic mass is 10.4. The van der Waals surface area contributed by atoms with Crippen LogP contribution in [0.15, 0.2) is 25.0 Å². The zero-order valence-corrected chi connectivity index (χ0v) is 8.53. The van der Waals surface area contributed by atoms with Gasteiger partial charge in [0.05, 0.1) is 12.4 Å². The molecule has 0 saturated carbocycles. The minimum absolute atomic E-state index is 0.211. The van der Waals surface area contributed by atoms with E-state index in [4.69, 9.17) is 11.6 Å². The molecule has 1 amide bonds. The Morgan fingerprint density at radius 3 is 3.00 bits per heavy atom. The Labute approximate surface area is 87.2 Å². The fourth-order valence-corrected chi connectivity index (χ4v) is 1.06. The van der Waals surface area contributed by atoms with E-state index in [9.17, 15) is 4.79 Å². The molecule has 0 atom stereocenters. The van der Waals surface area contributed by atoms with Crippen LogP contribution >= 0.6 is 11.6 Å². The average Bonchev–Trinajstić information content (AvgIpc) is 2.17. The minimum atomic E-state index is -0.222. The third kappa shape index (κ3) is 2.53. The van der Waals surface area contributed by atoms with Gasteiger partial charge in [-0.15, -0.1) is 6.58 Å². The summed E-state index contributed by atoms with van der Waals surface area (Å²) >= 11 is 5.61. The van der Waals surface area contributed by atoms with Crippen molar-refractivity contribution in [2.45, 2.75) is 0 Å². The minimum Gasteiger partial charge on any atom is -0.337 e. The van der Waals surface area contributed by atoms with Crippen molar-refractivity contribution < 1.29 is 4.79 Å². The summed E-state index contributed by atoms with van der Waals surface area (Å²) in [5.74, 6) is -0.222.